The molecule has 0 aliphatic carbocycles. The second-order valence-corrected chi connectivity index (χ2v) is 3.13. The number of anilines is 1. The molecule has 0 aromatic heterocycles. The lowest BCUT2D eigenvalue weighted by Gasteiger charge is -2.10. The first-order valence-electron chi connectivity index (χ1n) is 4.18. The van der Waals surface area contributed by atoms with E-state index in [1.807, 2.05) is 25.1 Å². The zero-order chi connectivity index (χ0) is 10.6. The second-order valence-electron chi connectivity index (χ2n) is 2.86. The van der Waals surface area contributed by atoms with Crippen LogP contribution in [0.1, 0.15) is 11.1 Å². The molecule has 1 rings (SSSR count). The van der Waals surface area contributed by atoms with E-state index in [1.54, 1.807) is 0 Å². The first-order valence-corrected chi connectivity index (χ1v) is 4.72. The summed E-state index contributed by atoms with van der Waals surface area (Å²) in [7, 11) is 1.33. The van der Waals surface area contributed by atoms with Gasteiger partial charge in [0.2, 0.25) is 0 Å². The summed E-state index contributed by atoms with van der Waals surface area (Å²) in [6.45, 7) is 1.90. The number of amides is 1. The van der Waals surface area contributed by atoms with E-state index in [-0.39, 0.29) is 0 Å². The Hall–Kier alpha value is -1.22. The van der Waals surface area contributed by atoms with Crippen molar-refractivity contribution in [3.63, 3.8) is 0 Å². The third-order valence-corrected chi connectivity index (χ3v) is 2.20. The molecule has 4 heteroatoms. The molecule has 3 nitrogen and oxygen atoms in total. The average Bonchev–Trinajstić information content (AvgIpc) is 2.20. The number of aryl methyl sites for hydroxylation is 1. The lowest BCUT2D eigenvalue weighted by molar-refractivity contribution is 0.187. The molecular weight excluding hydrogens is 202 g/mol. The number of halogens is 1. The Morgan fingerprint density at radius 1 is 1.57 bits per heavy atom. The predicted octanol–water partition coefficient (Wildman–Crippen LogP) is 2.91. The van der Waals surface area contributed by atoms with Gasteiger partial charge in [0, 0.05) is 5.88 Å². The smallest absolute Gasteiger partial charge is 0.411 e. The minimum atomic E-state index is -0.481. The summed E-state index contributed by atoms with van der Waals surface area (Å²) in [4.78, 5) is 11.0. The van der Waals surface area contributed by atoms with E-state index < -0.39 is 6.09 Å². The minimum Gasteiger partial charge on any atom is -0.453 e. The highest BCUT2D eigenvalue weighted by Crippen LogP contribution is 2.22. The van der Waals surface area contributed by atoms with E-state index in [4.69, 9.17) is 11.6 Å². The van der Waals surface area contributed by atoms with Crippen molar-refractivity contribution in [2.75, 3.05) is 12.4 Å². The maximum absolute atomic E-state index is 11.0. The third kappa shape index (κ3) is 2.39. The molecule has 0 spiro atoms. The first-order chi connectivity index (χ1) is 6.69. The summed E-state index contributed by atoms with van der Waals surface area (Å²) in [5.74, 6) is 0.362. The summed E-state index contributed by atoms with van der Waals surface area (Å²) < 4.78 is 4.52. The lowest BCUT2D eigenvalue weighted by Crippen LogP contribution is -2.13. The molecule has 14 heavy (non-hydrogen) atoms. The van der Waals surface area contributed by atoms with E-state index in [1.165, 1.54) is 7.11 Å². The molecule has 0 saturated carbocycles. The van der Waals surface area contributed by atoms with Gasteiger partial charge in [0.25, 0.3) is 0 Å². The van der Waals surface area contributed by atoms with Crippen molar-refractivity contribution in [3.8, 4) is 0 Å². The molecule has 1 aromatic carbocycles. The molecule has 0 fully saturated rings. The molecule has 0 aliphatic rings. The highest BCUT2D eigenvalue weighted by Gasteiger charge is 2.07. The van der Waals surface area contributed by atoms with Gasteiger partial charge in [-0.2, -0.15) is 0 Å². The minimum absolute atomic E-state index is 0.362. The Labute approximate surface area is 88.0 Å². The van der Waals surface area contributed by atoms with Crippen LogP contribution in [0.3, 0.4) is 0 Å². The number of benzene rings is 1. The fraction of sp³-hybridized carbons (Fsp3) is 0.300. The molecule has 0 atom stereocenters. The van der Waals surface area contributed by atoms with Crippen LogP contribution in [0.25, 0.3) is 0 Å². The fourth-order valence-corrected chi connectivity index (χ4v) is 1.39. The molecule has 0 unspecified atom stereocenters. The van der Waals surface area contributed by atoms with Crippen molar-refractivity contribution >= 4 is 23.4 Å². The van der Waals surface area contributed by atoms with E-state index in [0.717, 1.165) is 16.8 Å². The largest absolute Gasteiger partial charge is 0.453 e. The summed E-state index contributed by atoms with van der Waals surface area (Å²) in [5.41, 5.74) is 2.58. The number of carbonyl (C=O) groups excluding carboxylic acids is 1. The fourth-order valence-electron chi connectivity index (χ4n) is 1.17. The maximum atomic E-state index is 11.0. The van der Waals surface area contributed by atoms with Gasteiger partial charge in [0.15, 0.2) is 0 Å². The number of rotatable bonds is 2. The molecule has 0 saturated heterocycles. The maximum Gasteiger partial charge on any atom is 0.411 e. The van der Waals surface area contributed by atoms with Gasteiger partial charge in [-0.1, -0.05) is 18.2 Å². The van der Waals surface area contributed by atoms with Crippen molar-refractivity contribution in [2.45, 2.75) is 12.8 Å². The van der Waals surface area contributed by atoms with Crippen LogP contribution in [0.15, 0.2) is 18.2 Å². The molecule has 1 N–H and O–H groups in total. The molecule has 0 aliphatic heterocycles. The van der Waals surface area contributed by atoms with Gasteiger partial charge in [0.1, 0.15) is 0 Å². The van der Waals surface area contributed by atoms with E-state index in [9.17, 15) is 4.79 Å². The average molecular weight is 214 g/mol. The Balaban J connectivity index is 2.98. The number of hydrogen-bond acceptors (Lipinski definition) is 2. The van der Waals surface area contributed by atoms with Gasteiger partial charge in [-0.25, -0.2) is 4.79 Å². The monoisotopic (exact) mass is 213 g/mol. The number of nitrogens with one attached hydrogen (secondary N) is 1. The number of methoxy groups -OCH3 is 1. The van der Waals surface area contributed by atoms with Crippen molar-refractivity contribution in [1.29, 1.82) is 0 Å². The van der Waals surface area contributed by atoms with Crippen LogP contribution < -0.4 is 5.32 Å². The second kappa shape index (κ2) is 4.86. The van der Waals surface area contributed by atoms with E-state index >= 15 is 0 Å². The summed E-state index contributed by atoms with van der Waals surface area (Å²) >= 11 is 5.74. The molecule has 0 bridgehead atoms. The van der Waals surface area contributed by atoms with Gasteiger partial charge in [-0.3, -0.25) is 5.32 Å². The Kier molecular flexibility index (Phi) is 3.77. The van der Waals surface area contributed by atoms with Crippen molar-refractivity contribution < 1.29 is 9.53 Å². The predicted molar refractivity (Wildman–Crippen MR) is 56.8 cm³/mol. The summed E-state index contributed by atoms with van der Waals surface area (Å²) in [6, 6.07) is 5.67. The van der Waals surface area contributed by atoms with E-state index in [2.05, 4.69) is 10.1 Å². The standard InChI is InChI=1S/C10H12ClNO2/c1-7-4-3-5-8(6-11)9(7)12-10(13)14-2/h3-5H,6H2,1-2H3,(H,12,13). The van der Waals surface area contributed by atoms with Gasteiger partial charge in [-0.15, -0.1) is 11.6 Å². The lowest BCUT2D eigenvalue weighted by atomic mass is 10.1. The SMILES string of the molecule is COC(=O)Nc1c(C)cccc1CCl. The van der Waals surface area contributed by atoms with Gasteiger partial charge in [0.05, 0.1) is 12.8 Å². The zero-order valence-electron chi connectivity index (χ0n) is 8.13. The Bertz CT molecular complexity index is 339. The first kappa shape index (κ1) is 10.9. The molecule has 1 aromatic rings. The molecule has 0 radical (unpaired) electrons. The summed E-state index contributed by atoms with van der Waals surface area (Å²) in [5, 5.41) is 2.63. The molecule has 76 valence electrons. The van der Waals surface area contributed by atoms with Crippen molar-refractivity contribution in [3.05, 3.63) is 29.3 Å². The van der Waals surface area contributed by atoms with Crippen molar-refractivity contribution in [1.82, 2.24) is 0 Å². The quantitative estimate of drug-likeness (QED) is 0.768. The number of carbonyl (C=O) groups is 1. The van der Waals surface area contributed by atoms with Crippen LogP contribution >= 0.6 is 11.6 Å². The highest BCUT2D eigenvalue weighted by atomic mass is 35.5. The van der Waals surface area contributed by atoms with Crippen LogP contribution in [0.5, 0.6) is 0 Å². The van der Waals surface area contributed by atoms with Crippen LogP contribution in [-0.2, 0) is 10.6 Å². The molecule has 0 heterocycles. The highest BCUT2D eigenvalue weighted by molar-refractivity contribution is 6.17. The third-order valence-electron chi connectivity index (χ3n) is 1.92. The number of para-hydroxylation sites is 1. The topological polar surface area (TPSA) is 38.3 Å². The van der Waals surface area contributed by atoms with Crippen LogP contribution in [0, 0.1) is 6.92 Å². The Morgan fingerprint density at radius 2 is 2.29 bits per heavy atom. The van der Waals surface area contributed by atoms with E-state index in [0.29, 0.717) is 5.88 Å². The normalized spacial score (nSPS) is 9.64. The zero-order valence-corrected chi connectivity index (χ0v) is 8.89. The number of hydrogen-bond donors (Lipinski definition) is 1. The molecule has 1 amide bonds. The Morgan fingerprint density at radius 3 is 2.86 bits per heavy atom. The summed E-state index contributed by atoms with van der Waals surface area (Å²) in [6.07, 6.45) is -0.481. The van der Waals surface area contributed by atoms with Gasteiger partial charge in [-0.05, 0) is 18.1 Å². The number of alkyl halides is 1. The van der Waals surface area contributed by atoms with Crippen LogP contribution in [-0.4, -0.2) is 13.2 Å². The molecular formula is C10H12ClNO2. The van der Waals surface area contributed by atoms with Gasteiger partial charge < -0.3 is 4.74 Å². The number of ether oxygens (including phenoxy) is 1. The van der Waals surface area contributed by atoms with Crippen LogP contribution in [0.4, 0.5) is 10.5 Å². The van der Waals surface area contributed by atoms with Crippen LogP contribution in [0.2, 0.25) is 0 Å². The van der Waals surface area contributed by atoms with Crippen molar-refractivity contribution in [2.24, 2.45) is 0 Å². The van der Waals surface area contributed by atoms with Gasteiger partial charge >= 0.3 is 6.09 Å².